The maximum atomic E-state index is 5.68. The molecule has 1 rings (SSSR count). The van der Waals surface area contributed by atoms with Crippen LogP contribution >= 0.6 is 0 Å². The molecule has 1 saturated carbocycles. The van der Waals surface area contributed by atoms with Gasteiger partial charge in [-0.25, -0.2) is 0 Å². The first kappa shape index (κ1) is 6.15. The average molecular weight is 110 g/mol. The summed E-state index contributed by atoms with van der Waals surface area (Å²) in [6, 6.07) is 0.495. The fourth-order valence-electron chi connectivity index (χ4n) is 1.15. The van der Waals surface area contributed by atoms with Crippen molar-refractivity contribution in [1.82, 2.24) is 0 Å². The van der Waals surface area contributed by atoms with E-state index >= 15 is 0 Å². The minimum atomic E-state index is 0.495. The number of hydrogen-bond donors (Lipinski definition) is 1. The molecule has 8 heavy (non-hydrogen) atoms. The molecule has 2 atom stereocenters. The highest BCUT2D eigenvalue weighted by molar-refractivity contribution is 6.38. The van der Waals surface area contributed by atoms with Crippen LogP contribution in [0.4, 0.5) is 0 Å². The first-order valence-corrected chi connectivity index (χ1v) is 3.43. The lowest BCUT2D eigenvalue weighted by atomic mass is 9.52. The van der Waals surface area contributed by atoms with Gasteiger partial charge in [0, 0.05) is 0 Å². The Morgan fingerprint density at radius 2 is 2.38 bits per heavy atom. The molecule has 1 aliphatic carbocycles. The van der Waals surface area contributed by atoms with Crippen LogP contribution in [0.25, 0.3) is 0 Å². The SMILES string of the molecule is CC[B]C1CCC1N. The molecule has 2 unspecified atom stereocenters. The van der Waals surface area contributed by atoms with Crippen molar-refractivity contribution in [2.75, 3.05) is 0 Å². The number of hydrogen-bond acceptors (Lipinski definition) is 1. The minimum absolute atomic E-state index is 0.495. The summed E-state index contributed by atoms with van der Waals surface area (Å²) in [6.07, 6.45) is 3.74. The summed E-state index contributed by atoms with van der Waals surface area (Å²) in [5.74, 6) is 0.750. The lowest BCUT2D eigenvalue weighted by Crippen LogP contribution is -2.37. The highest BCUT2D eigenvalue weighted by Gasteiger charge is 2.25. The predicted octanol–water partition coefficient (Wildman–Crippen LogP) is 1.04. The van der Waals surface area contributed by atoms with Crippen LogP contribution in [-0.4, -0.2) is 13.3 Å². The molecule has 0 saturated heterocycles. The van der Waals surface area contributed by atoms with Gasteiger partial charge in [-0.2, -0.15) is 0 Å². The molecule has 1 aliphatic rings. The third-order valence-corrected chi connectivity index (χ3v) is 1.92. The first-order chi connectivity index (χ1) is 3.84. The normalized spacial score (nSPS) is 36.2. The first-order valence-electron chi connectivity index (χ1n) is 3.43. The van der Waals surface area contributed by atoms with E-state index in [0.29, 0.717) is 6.04 Å². The molecule has 2 heteroatoms. The molecule has 0 aromatic rings. The maximum Gasteiger partial charge on any atom is 0.115 e. The van der Waals surface area contributed by atoms with Crippen LogP contribution in [0.1, 0.15) is 19.8 Å². The summed E-state index contributed by atoms with van der Waals surface area (Å²) in [5.41, 5.74) is 5.68. The maximum absolute atomic E-state index is 5.68. The zero-order valence-electron chi connectivity index (χ0n) is 5.43. The molecule has 0 bridgehead atoms. The van der Waals surface area contributed by atoms with Crippen LogP contribution in [0.3, 0.4) is 0 Å². The van der Waals surface area contributed by atoms with Gasteiger partial charge in [0.15, 0.2) is 0 Å². The smallest absolute Gasteiger partial charge is 0.115 e. The largest absolute Gasteiger partial charge is 0.328 e. The van der Waals surface area contributed by atoms with Crippen molar-refractivity contribution in [3.8, 4) is 0 Å². The Morgan fingerprint density at radius 3 is 2.50 bits per heavy atom. The Kier molecular flexibility index (Phi) is 1.95. The lowest BCUT2D eigenvalue weighted by Gasteiger charge is -2.32. The van der Waals surface area contributed by atoms with Crippen LogP contribution in [0.15, 0.2) is 0 Å². The van der Waals surface area contributed by atoms with Crippen LogP contribution < -0.4 is 5.73 Å². The van der Waals surface area contributed by atoms with Crippen molar-refractivity contribution in [3.63, 3.8) is 0 Å². The fraction of sp³-hybridized carbons (Fsp3) is 1.00. The van der Waals surface area contributed by atoms with Gasteiger partial charge in [0.05, 0.1) is 0 Å². The highest BCUT2D eigenvalue weighted by atomic mass is 14.7. The van der Waals surface area contributed by atoms with E-state index in [1.807, 2.05) is 0 Å². The summed E-state index contributed by atoms with van der Waals surface area (Å²) < 4.78 is 0. The molecule has 1 fully saturated rings. The monoisotopic (exact) mass is 110 g/mol. The fourth-order valence-corrected chi connectivity index (χ4v) is 1.15. The van der Waals surface area contributed by atoms with Gasteiger partial charge in [-0.05, 0) is 12.5 Å². The van der Waals surface area contributed by atoms with Crippen molar-refractivity contribution in [2.24, 2.45) is 5.73 Å². The summed E-state index contributed by atoms with van der Waals surface area (Å²) in [5, 5.41) is 0. The molecular formula is C6H13BN. The number of nitrogens with two attached hydrogens (primary N) is 1. The van der Waals surface area contributed by atoms with E-state index in [9.17, 15) is 0 Å². The van der Waals surface area contributed by atoms with Crippen molar-refractivity contribution < 1.29 is 0 Å². The van der Waals surface area contributed by atoms with Gasteiger partial charge in [0.1, 0.15) is 7.28 Å². The summed E-state index contributed by atoms with van der Waals surface area (Å²) in [7, 11) is 2.33. The second kappa shape index (κ2) is 2.54. The van der Waals surface area contributed by atoms with Gasteiger partial charge in [-0.3, -0.25) is 0 Å². The second-order valence-corrected chi connectivity index (χ2v) is 2.55. The number of rotatable bonds is 2. The molecule has 0 aliphatic heterocycles. The van der Waals surface area contributed by atoms with Gasteiger partial charge in [0.2, 0.25) is 0 Å². The minimum Gasteiger partial charge on any atom is -0.328 e. The van der Waals surface area contributed by atoms with Crippen LogP contribution in [0.5, 0.6) is 0 Å². The average Bonchev–Trinajstić information content (AvgIpc) is 1.79. The van der Waals surface area contributed by atoms with E-state index in [2.05, 4.69) is 14.2 Å². The van der Waals surface area contributed by atoms with E-state index in [1.54, 1.807) is 0 Å². The quantitative estimate of drug-likeness (QED) is 0.528. The molecular weight excluding hydrogens is 96.9 g/mol. The van der Waals surface area contributed by atoms with E-state index in [-0.39, 0.29) is 0 Å². The molecule has 0 amide bonds. The third-order valence-electron chi connectivity index (χ3n) is 1.92. The van der Waals surface area contributed by atoms with Gasteiger partial charge in [0.25, 0.3) is 0 Å². The predicted molar refractivity (Wildman–Crippen MR) is 37.2 cm³/mol. The summed E-state index contributed by atoms with van der Waals surface area (Å²) in [6.45, 7) is 2.17. The molecule has 0 heterocycles. The van der Waals surface area contributed by atoms with Crippen molar-refractivity contribution in [2.45, 2.75) is 37.9 Å². The van der Waals surface area contributed by atoms with Crippen molar-refractivity contribution in [3.05, 3.63) is 0 Å². The van der Waals surface area contributed by atoms with E-state index in [4.69, 9.17) is 5.73 Å². The highest BCUT2D eigenvalue weighted by Crippen LogP contribution is 2.30. The van der Waals surface area contributed by atoms with Gasteiger partial charge in [-0.1, -0.05) is 25.5 Å². The molecule has 2 N–H and O–H groups in total. The Morgan fingerprint density at radius 1 is 1.62 bits per heavy atom. The molecule has 0 aromatic heterocycles. The Hall–Kier alpha value is 0.0249. The topological polar surface area (TPSA) is 26.0 Å². The Bertz CT molecular complexity index is 74.9. The van der Waals surface area contributed by atoms with Crippen molar-refractivity contribution in [1.29, 1.82) is 0 Å². The van der Waals surface area contributed by atoms with E-state index in [1.165, 1.54) is 19.2 Å². The van der Waals surface area contributed by atoms with E-state index in [0.717, 1.165) is 5.82 Å². The van der Waals surface area contributed by atoms with Gasteiger partial charge >= 0.3 is 0 Å². The lowest BCUT2D eigenvalue weighted by molar-refractivity contribution is 0.413. The Balaban J connectivity index is 2.08. The zero-order chi connectivity index (χ0) is 5.98. The van der Waals surface area contributed by atoms with Gasteiger partial charge < -0.3 is 5.73 Å². The van der Waals surface area contributed by atoms with Crippen molar-refractivity contribution >= 4 is 7.28 Å². The Labute approximate surface area is 51.9 Å². The molecule has 0 aromatic carbocycles. The van der Waals surface area contributed by atoms with Gasteiger partial charge in [-0.15, -0.1) is 0 Å². The summed E-state index contributed by atoms with van der Waals surface area (Å²) in [4.78, 5) is 0. The third kappa shape index (κ3) is 1.05. The van der Waals surface area contributed by atoms with Crippen LogP contribution in [-0.2, 0) is 0 Å². The summed E-state index contributed by atoms with van der Waals surface area (Å²) >= 11 is 0. The molecule has 0 spiro atoms. The van der Waals surface area contributed by atoms with Crippen LogP contribution in [0.2, 0.25) is 12.1 Å². The van der Waals surface area contributed by atoms with E-state index < -0.39 is 0 Å². The standard InChI is InChI=1S/C6H13BN/c1-2-7-5-3-4-6(5)8/h5-6H,2-4,8H2,1H3. The second-order valence-electron chi connectivity index (χ2n) is 2.55. The zero-order valence-corrected chi connectivity index (χ0v) is 5.43. The molecule has 1 radical (unpaired) electrons. The van der Waals surface area contributed by atoms with Crippen LogP contribution in [0, 0.1) is 0 Å². The molecule has 1 nitrogen and oxygen atoms in total. The molecule has 45 valence electrons.